The quantitative estimate of drug-likeness (QED) is 0.897. The predicted molar refractivity (Wildman–Crippen MR) is 68.5 cm³/mol. The van der Waals surface area contributed by atoms with Crippen molar-refractivity contribution in [2.24, 2.45) is 0 Å². The fourth-order valence-electron chi connectivity index (χ4n) is 1.63. The Morgan fingerprint density at radius 2 is 1.94 bits per heavy atom. The van der Waals surface area contributed by atoms with Crippen LogP contribution in [0.15, 0.2) is 36.4 Å². The molecule has 3 nitrogen and oxygen atoms in total. The predicted octanol–water partition coefficient (Wildman–Crippen LogP) is 3.19. The highest BCUT2D eigenvalue weighted by Crippen LogP contribution is 2.21. The molecule has 0 aliphatic rings. The van der Waals surface area contributed by atoms with E-state index in [1.54, 1.807) is 24.3 Å². The Balaban J connectivity index is 2.43. The minimum Gasteiger partial charge on any atom is -0.369 e. The highest BCUT2D eigenvalue weighted by atomic mass is 19.1. The van der Waals surface area contributed by atoms with Gasteiger partial charge < -0.3 is 5.32 Å². The van der Waals surface area contributed by atoms with Gasteiger partial charge in [-0.15, -0.1) is 0 Å². The maximum absolute atomic E-state index is 12.8. The summed E-state index contributed by atoms with van der Waals surface area (Å²) in [6.07, 6.45) is 0. The Morgan fingerprint density at radius 3 is 2.56 bits per heavy atom. The van der Waals surface area contributed by atoms with E-state index in [-0.39, 0.29) is 5.82 Å². The van der Waals surface area contributed by atoms with Crippen LogP contribution in [0.25, 0.3) is 11.3 Å². The molecule has 0 aliphatic heterocycles. The highest BCUT2D eigenvalue weighted by molar-refractivity contribution is 5.64. The second-order valence-electron chi connectivity index (χ2n) is 3.74. The molecule has 1 aromatic heterocycles. The summed E-state index contributed by atoms with van der Waals surface area (Å²) in [5, 5.41) is 12.0. The van der Waals surface area contributed by atoms with Crippen molar-refractivity contribution in [3.8, 4) is 17.3 Å². The smallest absolute Gasteiger partial charge is 0.144 e. The fraction of sp³-hybridized carbons (Fsp3) is 0.143. The molecule has 0 saturated carbocycles. The number of halogens is 1. The van der Waals surface area contributed by atoms with Gasteiger partial charge in [-0.1, -0.05) is 0 Å². The number of hydrogen-bond acceptors (Lipinski definition) is 3. The summed E-state index contributed by atoms with van der Waals surface area (Å²) < 4.78 is 12.8. The van der Waals surface area contributed by atoms with E-state index < -0.39 is 0 Å². The number of pyridine rings is 1. The number of benzene rings is 1. The lowest BCUT2D eigenvalue weighted by Crippen LogP contribution is -2.02. The first kappa shape index (κ1) is 12.1. The van der Waals surface area contributed by atoms with Gasteiger partial charge in [0.1, 0.15) is 17.7 Å². The molecule has 0 aliphatic carbocycles. The molecule has 0 bridgehead atoms. The van der Waals surface area contributed by atoms with Crippen LogP contribution < -0.4 is 5.32 Å². The zero-order valence-electron chi connectivity index (χ0n) is 9.94. The molecule has 2 aromatic rings. The number of hydrogen-bond donors (Lipinski definition) is 1. The van der Waals surface area contributed by atoms with E-state index >= 15 is 0 Å². The van der Waals surface area contributed by atoms with Gasteiger partial charge in [-0.3, -0.25) is 0 Å². The van der Waals surface area contributed by atoms with Crippen molar-refractivity contribution in [3.05, 3.63) is 47.8 Å². The first-order valence-electron chi connectivity index (χ1n) is 5.65. The van der Waals surface area contributed by atoms with E-state index in [2.05, 4.69) is 16.4 Å². The van der Waals surface area contributed by atoms with Crippen molar-refractivity contribution in [1.29, 1.82) is 5.26 Å². The van der Waals surface area contributed by atoms with E-state index in [0.29, 0.717) is 23.6 Å². The topological polar surface area (TPSA) is 48.7 Å². The van der Waals surface area contributed by atoms with E-state index in [1.807, 2.05) is 6.92 Å². The number of nitrogens with one attached hydrogen (secondary N) is 1. The van der Waals surface area contributed by atoms with Gasteiger partial charge in [-0.05, 0) is 43.3 Å². The van der Waals surface area contributed by atoms with Gasteiger partial charge in [0.05, 0.1) is 11.3 Å². The summed E-state index contributed by atoms with van der Waals surface area (Å²) in [4.78, 5) is 4.38. The number of aromatic nitrogens is 1. The Morgan fingerprint density at radius 1 is 1.22 bits per heavy atom. The molecule has 0 radical (unpaired) electrons. The maximum Gasteiger partial charge on any atom is 0.144 e. The molecule has 2 rings (SSSR count). The molecule has 18 heavy (non-hydrogen) atoms. The van der Waals surface area contributed by atoms with Crippen LogP contribution in [0.2, 0.25) is 0 Å². The van der Waals surface area contributed by atoms with Gasteiger partial charge in [0, 0.05) is 12.1 Å². The minimum atomic E-state index is -0.278. The molecule has 4 heteroatoms. The molecule has 0 amide bonds. The number of rotatable bonds is 3. The van der Waals surface area contributed by atoms with E-state index in [9.17, 15) is 4.39 Å². The van der Waals surface area contributed by atoms with Crippen molar-refractivity contribution < 1.29 is 4.39 Å². The largest absolute Gasteiger partial charge is 0.369 e. The Bertz CT molecular complexity index is 585. The van der Waals surface area contributed by atoms with Gasteiger partial charge in [-0.2, -0.15) is 5.26 Å². The van der Waals surface area contributed by atoms with Crippen molar-refractivity contribution in [2.75, 3.05) is 11.9 Å². The Labute approximate surface area is 105 Å². The molecule has 90 valence electrons. The molecule has 0 fully saturated rings. The Kier molecular flexibility index (Phi) is 3.54. The summed E-state index contributed by atoms with van der Waals surface area (Å²) in [5.41, 5.74) is 2.03. The monoisotopic (exact) mass is 241 g/mol. The van der Waals surface area contributed by atoms with Crippen LogP contribution in [0.5, 0.6) is 0 Å². The average molecular weight is 241 g/mol. The van der Waals surface area contributed by atoms with Gasteiger partial charge in [-0.25, -0.2) is 9.37 Å². The third-order valence-corrected chi connectivity index (χ3v) is 2.50. The molecular formula is C14H12FN3. The number of nitriles is 1. The molecule has 0 unspecified atom stereocenters. The third-order valence-electron chi connectivity index (χ3n) is 2.50. The lowest BCUT2D eigenvalue weighted by atomic mass is 10.1. The Hall–Kier alpha value is -2.41. The zero-order chi connectivity index (χ0) is 13.0. The average Bonchev–Trinajstić information content (AvgIpc) is 2.40. The first-order valence-corrected chi connectivity index (χ1v) is 5.65. The highest BCUT2D eigenvalue weighted by Gasteiger charge is 2.06. The normalized spacial score (nSPS) is 9.83. The van der Waals surface area contributed by atoms with Crippen molar-refractivity contribution in [3.63, 3.8) is 0 Å². The van der Waals surface area contributed by atoms with Crippen LogP contribution in [-0.4, -0.2) is 11.5 Å². The van der Waals surface area contributed by atoms with Crippen LogP contribution in [-0.2, 0) is 0 Å². The SMILES string of the molecule is CCNc1nc(-c2ccc(F)cc2)ccc1C#N. The fourth-order valence-corrected chi connectivity index (χ4v) is 1.63. The molecule has 1 heterocycles. The second-order valence-corrected chi connectivity index (χ2v) is 3.74. The summed E-state index contributed by atoms with van der Waals surface area (Å²) >= 11 is 0. The molecular weight excluding hydrogens is 229 g/mol. The number of nitrogens with zero attached hydrogens (tertiary/aromatic N) is 2. The molecule has 1 N–H and O–H groups in total. The van der Waals surface area contributed by atoms with Crippen LogP contribution in [0.4, 0.5) is 10.2 Å². The van der Waals surface area contributed by atoms with Crippen LogP contribution in [0.3, 0.4) is 0 Å². The van der Waals surface area contributed by atoms with Crippen LogP contribution >= 0.6 is 0 Å². The standard InChI is InChI=1S/C14H12FN3/c1-2-17-14-11(9-16)5-8-13(18-14)10-3-6-12(15)7-4-10/h3-8H,2H2,1H3,(H,17,18). The summed E-state index contributed by atoms with van der Waals surface area (Å²) in [5.74, 6) is 0.279. The van der Waals surface area contributed by atoms with E-state index in [0.717, 1.165) is 5.56 Å². The molecule has 0 spiro atoms. The van der Waals surface area contributed by atoms with Gasteiger partial charge in [0.15, 0.2) is 0 Å². The summed E-state index contributed by atoms with van der Waals surface area (Å²) in [6.45, 7) is 2.63. The zero-order valence-corrected chi connectivity index (χ0v) is 9.94. The maximum atomic E-state index is 12.8. The van der Waals surface area contributed by atoms with E-state index in [4.69, 9.17) is 5.26 Å². The summed E-state index contributed by atoms with van der Waals surface area (Å²) in [6, 6.07) is 11.7. The van der Waals surface area contributed by atoms with Gasteiger partial charge in [0.2, 0.25) is 0 Å². The van der Waals surface area contributed by atoms with Crippen LogP contribution in [0, 0.1) is 17.1 Å². The lowest BCUT2D eigenvalue weighted by Gasteiger charge is -2.07. The van der Waals surface area contributed by atoms with Crippen molar-refractivity contribution >= 4 is 5.82 Å². The lowest BCUT2D eigenvalue weighted by molar-refractivity contribution is 0.628. The number of anilines is 1. The van der Waals surface area contributed by atoms with Gasteiger partial charge >= 0.3 is 0 Å². The van der Waals surface area contributed by atoms with Gasteiger partial charge in [0.25, 0.3) is 0 Å². The van der Waals surface area contributed by atoms with E-state index in [1.165, 1.54) is 12.1 Å². The summed E-state index contributed by atoms with van der Waals surface area (Å²) in [7, 11) is 0. The van der Waals surface area contributed by atoms with Crippen LogP contribution in [0.1, 0.15) is 12.5 Å². The van der Waals surface area contributed by atoms with Crippen molar-refractivity contribution in [1.82, 2.24) is 4.98 Å². The first-order chi connectivity index (χ1) is 8.74. The molecule has 1 aromatic carbocycles. The van der Waals surface area contributed by atoms with Crippen molar-refractivity contribution in [2.45, 2.75) is 6.92 Å². The minimum absolute atomic E-state index is 0.278. The third kappa shape index (κ3) is 2.46. The second kappa shape index (κ2) is 5.28. The molecule has 0 atom stereocenters. The molecule has 0 saturated heterocycles.